The molecule has 1 atom stereocenters. The number of carboxylic acids is 1. The summed E-state index contributed by atoms with van der Waals surface area (Å²) in [5.74, 6) is -0.186. The molecule has 0 aliphatic carbocycles. The second-order valence-electron chi connectivity index (χ2n) is 2.88. The molecular formula is C9H13N3O3. The Bertz CT molecular complexity index is 343. The third kappa shape index (κ3) is 3.41. The van der Waals surface area contributed by atoms with Crippen LogP contribution in [0.25, 0.3) is 0 Å². The normalized spacial score (nSPS) is 11.9. The summed E-state index contributed by atoms with van der Waals surface area (Å²) in [5.41, 5.74) is 0. The summed E-state index contributed by atoms with van der Waals surface area (Å²) in [5, 5.41) is 11.4. The molecule has 0 saturated carbocycles. The van der Waals surface area contributed by atoms with Crippen molar-refractivity contribution in [3.05, 3.63) is 12.4 Å². The lowest BCUT2D eigenvalue weighted by Crippen LogP contribution is -2.25. The Balaban J connectivity index is 2.68. The van der Waals surface area contributed by atoms with Crippen molar-refractivity contribution in [2.24, 2.45) is 0 Å². The highest BCUT2D eigenvalue weighted by Gasteiger charge is 2.11. The molecule has 6 nitrogen and oxygen atoms in total. The Hall–Kier alpha value is -1.85. The highest BCUT2D eigenvalue weighted by molar-refractivity contribution is 5.76. The molecule has 1 aromatic heterocycles. The molecule has 0 saturated heterocycles. The molecule has 0 bridgehead atoms. The maximum Gasteiger partial charge on any atom is 0.325 e. The van der Waals surface area contributed by atoms with E-state index in [2.05, 4.69) is 15.3 Å². The van der Waals surface area contributed by atoms with Crippen molar-refractivity contribution >= 4 is 11.8 Å². The first-order valence-corrected chi connectivity index (χ1v) is 4.57. The molecule has 15 heavy (non-hydrogen) atoms. The van der Waals surface area contributed by atoms with Gasteiger partial charge in [0, 0.05) is 0 Å². The number of carbonyl (C=O) groups is 1. The zero-order valence-electron chi connectivity index (χ0n) is 8.60. The molecule has 0 aliphatic rings. The van der Waals surface area contributed by atoms with Crippen LogP contribution in [0.15, 0.2) is 12.4 Å². The van der Waals surface area contributed by atoms with Crippen LogP contribution in [0, 0.1) is 0 Å². The van der Waals surface area contributed by atoms with Crippen LogP contribution in [-0.4, -0.2) is 33.7 Å². The minimum atomic E-state index is -0.946. The molecule has 0 fully saturated rings. The summed E-state index contributed by atoms with van der Waals surface area (Å²) >= 11 is 0. The Morgan fingerprint density at radius 3 is 3.00 bits per heavy atom. The Kier molecular flexibility index (Phi) is 3.84. The number of hydrogen-bond donors (Lipinski definition) is 2. The van der Waals surface area contributed by atoms with E-state index in [1.54, 1.807) is 0 Å². The minimum Gasteiger partial charge on any atom is -0.480 e. The number of aliphatic carboxylic acids is 1. The summed E-state index contributed by atoms with van der Waals surface area (Å²) in [4.78, 5) is 18.5. The average Bonchev–Trinajstić information content (AvgIpc) is 2.18. The van der Waals surface area contributed by atoms with Gasteiger partial charge < -0.3 is 15.2 Å². The van der Waals surface area contributed by atoms with Crippen LogP contribution in [0.5, 0.6) is 5.88 Å². The van der Waals surface area contributed by atoms with Crippen LogP contribution in [0.2, 0.25) is 0 Å². The molecule has 2 N–H and O–H groups in total. The van der Waals surface area contributed by atoms with Crippen molar-refractivity contribution in [1.29, 1.82) is 0 Å². The average molecular weight is 211 g/mol. The molecule has 0 spiro atoms. The summed E-state index contributed by atoms with van der Waals surface area (Å²) in [6.07, 6.45) is 2.92. The van der Waals surface area contributed by atoms with Crippen molar-refractivity contribution in [3.63, 3.8) is 0 Å². The number of aromatic nitrogens is 2. The lowest BCUT2D eigenvalue weighted by molar-refractivity contribution is -0.137. The number of hydrogen-bond acceptors (Lipinski definition) is 5. The summed E-state index contributed by atoms with van der Waals surface area (Å²) in [7, 11) is 0. The first kappa shape index (κ1) is 11.2. The summed E-state index contributed by atoms with van der Waals surface area (Å²) in [6.45, 7) is 3.85. The van der Waals surface area contributed by atoms with Gasteiger partial charge in [0.2, 0.25) is 5.88 Å². The molecule has 0 aliphatic heterocycles. The van der Waals surface area contributed by atoms with Crippen LogP contribution in [-0.2, 0) is 4.79 Å². The fourth-order valence-corrected chi connectivity index (χ4v) is 0.919. The molecule has 82 valence electrons. The topological polar surface area (TPSA) is 84.3 Å². The number of carboxylic acid groups (broad SMARTS) is 1. The van der Waals surface area contributed by atoms with Gasteiger partial charge in [-0.15, -0.1) is 0 Å². The monoisotopic (exact) mass is 211 g/mol. The van der Waals surface area contributed by atoms with Crippen LogP contribution in [0.1, 0.15) is 13.8 Å². The number of ether oxygens (including phenoxy) is 1. The van der Waals surface area contributed by atoms with E-state index < -0.39 is 12.0 Å². The van der Waals surface area contributed by atoms with Crippen molar-refractivity contribution in [3.8, 4) is 5.88 Å². The molecular weight excluding hydrogens is 198 g/mol. The summed E-state index contributed by atoms with van der Waals surface area (Å²) < 4.78 is 5.13. The van der Waals surface area contributed by atoms with E-state index >= 15 is 0 Å². The van der Waals surface area contributed by atoms with Gasteiger partial charge in [-0.1, -0.05) is 0 Å². The predicted molar refractivity (Wildman–Crippen MR) is 53.9 cm³/mol. The van der Waals surface area contributed by atoms with Crippen molar-refractivity contribution in [1.82, 2.24) is 9.97 Å². The molecule has 1 rings (SSSR count). The van der Waals surface area contributed by atoms with Gasteiger partial charge in [0.25, 0.3) is 0 Å². The maximum absolute atomic E-state index is 10.6. The molecule has 0 radical (unpaired) electrons. The maximum atomic E-state index is 10.6. The Labute approximate surface area is 87.3 Å². The van der Waals surface area contributed by atoms with Crippen molar-refractivity contribution in [2.75, 3.05) is 11.9 Å². The first-order valence-electron chi connectivity index (χ1n) is 4.57. The number of rotatable bonds is 5. The summed E-state index contributed by atoms with van der Waals surface area (Å²) in [6, 6.07) is -0.712. The second kappa shape index (κ2) is 5.14. The largest absolute Gasteiger partial charge is 0.480 e. The molecule has 0 unspecified atom stereocenters. The van der Waals surface area contributed by atoms with Gasteiger partial charge in [-0.2, -0.15) is 4.98 Å². The zero-order valence-corrected chi connectivity index (χ0v) is 8.60. The molecule has 6 heteroatoms. The third-order valence-corrected chi connectivity index (χ3v) is 1.64. The van der Waals surface area contributed by atoms with E-state index in [1.165, 1.54) is 19.3 Å². The van der Waals surface area contributed by atoms with Gasteiger partial charge in [0.1, 0.15) is 11.9 Å². The highest BCUT2D eigenvalue weighted by atomic mass is 16.5. The fourth-order valence-electron chi connectivity index (χ4n) is 0.919. The number of anilines is 1. The van der Waals surface area contributed by atoms with Crippen LogP contribution in [0.3, 0.4) is 0 Å². The van der Waals surface area contributed by atoms with Crippen LogP contribution < -0.4 is 10.1 Å². The van der Waals surface area contributed by atoms with E-state index in [4.69, 9.17) is 9.84 Å². The quantitative estimate of drug-likeness (QED) is 0.748. The zero-order chi connectivity index (χ0) is 11.3. The van der Waals surface area contributed by atoms with Gasteiger partial charge in [0.15, 0.2) is 0 Å². The van der Waals surface area contributed by atoms with Crippen LogP contribution in [0.4, 0.5) is 5.82 Å². The van der Waals surface area contributed by atoms with Gasteiger partial charge in [-0.3, -0.25) is 9.78 Å². The number of nitrogens with zero attached hydrogens (tertiary/aromatic N) is 2. The van der Waals surface area contributed by atoms with Crippen molar-refractivity contribution < 1.29 is 14.6 Å². The fraction of sp³-hybridized carbons (Fsp3) is 0.444. The lowest BCUT2D eigenvalue weighted by atomic mass is 10.3. The smallest absolute Gasteiger partial charge is 0.325 e. The lowest BCUT2D eigenvalue weighted by Gasteiger charge is -2.10. The van der Waals surface area contributed by atoms with E-state index in [-0.39, 0.29) is 0 Å². The van der Waals surface area contributed by atoms with Gasteiger partial charge in [0.05, 0.1) is 19.0 Å². The molecule has 0 aromatic carbocycles. The standard InChI is InChI=1S/C9H13N3O3/c1-3-15-8-5-10-4-7(12-8)11-6(2)9(13)14/h4-6H,3H2,1-2H3,(H,11,12)(H,13,14)/t6-/m1/s1. The number of nitrogens with one attached hydrogen (secondary N) is 1. The van der Waals surface area contributed by atoms with E-state index in [0.29, 0.717) is 18.3 Å². The van der Waals surface area contributed by atoms with Crippen molar-refractivity contribution in [2.45, 2.75) is 19.9 Å². The first-order chi connectivity index (χ1) is 7.13. The van der Waals surface area contributed by atoms with E-state index in [0.717, 1.165) is 0 Å². The predicted octanol–water partition coefficient (Wildman–Crippen LogP) is 0.760. The van der Waals surface area contributed by atoms with E-state index in [1.807, 2.05) is 6.92 Å². The Morgan fingerprint density at radius 1 is 1.67 bits per heavy atom. The van der Waals surface area contributed by atoms with E-state index in [9.17, 15) is 4.79 Å². The SMILES string of the molecule is CCOc1cncc(N[C@H](C)C(=O)O)n1. The molecule has 1 heterocycles. The molecule has 1 aromatic rings. The van der Waals surface area contributed by atoms with Crippen LogP contribution >= 0.6 is 0 Å². The van der Waals surface area contributed by atoms with Gasteiger partial charge in [-0.25, -0.2) is 0 Å². The van der Waals surface area contributed by atoms with Gasteiger partial charge >= 0.3 is 5.97 Å². The third-order valence-electron chi connectivity index (χ3n) is 1.64. The Morgan fingerprint density at radius 2 is 2.40 bits per heavy atom. The second-order valence-corrected chi connectivity index (χ2v) is 2.88. The highest BCUT2D eigenvalue weighted by Crippen LogP contribution is 2.09. The minimum absolute atomic E-state index is 0.375. The molecule has 0 amide bonds. The van der Waals surface area contributed by atoms with Gasteiger partial charge in [-0.05, 0) is 13.8 Å².